The van der Waals surface area contributed by atoms with Crippen molar-refractivity contribution in [3.63, 3.8) is 0 Å². The highest BCUT2D eigenvalue weighted by atomic mass is 16.7. The maximum Gasteiger partial charge on any atom is 0.329 e. The summed E-state index contributed by atoms with van der Waals surface area (Å²) in [7, 11) is 4.58. The molecule has 0 unspecified atom stereocenters. The minimum atomic E-state index is -2.55. The zero-order valence-electron chi connectivity index (χ0n) is 40.9. The molecule has 0 spiro atoms. The van der Waals surface area contributed by atoms with E-state index in [0.717, 1.165) is 11.3 Å². The molecule has 4 heterocycles. The Labute approximate surface area is 396 Å². The summed E-state index contributed by atoms with van der Waals surface area (Å²) in [4.78, 5) is 76.0. The first-order valence-electron chi connectivity index (χ1n) is 24.4. The average molecular weight is 940 g/mol. The Balaban J connectivity index is 1.50. The molecule has 3 fully saturated rings. The number of piperidine rings is 1. The van der Waals surface area contributed by atoms with Gasteiger partial charge in [-0.25, -0.2) is 4.79 Å². The van der Waals surface area contributed by atoms with Crippen molar-refractivity contribution in [1.82, 2.24) is 15.2 Å². The number of esters is 1. The molecule has 0 aromatic carbocycles. The molecule has 4 aliphatic rings. The summed E-state index contributed by atoms with van der Waals surface area (Å²) in [5, 5.41) is 37.5. The third-order valence-electron chi connectivity index (χ3n) is 14.6. The van der Waals surface area contributed by atoms with Gasteiger partial charge < -0.3 is 49.2 Å². The van der Waals surface area contributed by atoms with Crippen molar-refractivity contribution < 1.29 is 63.0 Å². The number of carbonyl (C=O) groups is 5. The molecule has 2 saturated heterocycles. The molecule has 16 heteroatoms. The highest BCUT2D eigenvalue weighted by Gasteiger charge is 2.56. The van der Waals surface area contributed by atoms with Crippen LogP contribution in [0.5, 0.6) is 0 Å². The van der Waals surface area contributed by atoms with Crippen LogP contribution in [0.3, 0.4) is 0 Å². The number of aliphatic hydroxyl groups excluding tert-OH is 2. The minimum Gasteiger partial charge on any atom is -0.456 e. The standard InChI is InChI=1S/C51H77N3O13/c1-30-22-31(2)24-43(64-7)47-44(65-8)26-33(4)51(62,67-47)48(59)49(60)54-21-12-10-16-38(54)50(61)66-46(32(3)25-35-18-19-39(55)42(27-35)63-6)34(5)40(56)28-41(57)36(23-30)14-13-17-45(58)53-29-37-15-9-11-20-52-37/h9,11,15,20,23,25,31,33-36,38-40,42-44,46-47,55-56,62H,10,12-14,16-19,21-22,24,26-29H2,1-8H3,(H,53,58)/b30-23+,32-25+/t31-,33+,34+,35-,36+,38-,39+,40-,42+,43-,44-,46+,47+,51+/m0/s1. The van der Waals surface area contributed by atoms with Crippen molar-refractivity contribution >= 4 is 29.4 Å². The number of nitrogens with zero attached hydrogens (tertiary/aromatic N) is 2. The lowest BCUT2D eigenvalue weighted by Crippen LogP contribution is -2.64. The molecule has 5 rings (SSSR count). The molecular formula is C51H77N3O13. The smallest absolute Gasteiger partial charge is 0.329 e. The molecule has 2 amide bonds. The number of rotatable bonds is 11. The molecule has 1 aromatic heterocycles. The SMILES string of the molecule is CO[C@H]1C[C@@H](C)C/C(C)=C/[C@@H](CCCC(=O)NCc2ccccn2)C(=O)C[C@H](O)[C@@H](C)[C@@H](/C(C)=C/[C@@H]2CC[C@@H](O)[C@H](OC)C2)OC(=O)[C@@H]2CCCCN2C(=O)C(=O)[C@]2(O)O[C@H]1[C@@H](OC)C[C@H]2C. The maximum absolute atomic E-state index is 14.5. The van der Waals surface area contributed by atoms with Gasteiger partial charge in [0.25, 0.3) is 11.7 Å². The van der Waals surface area contributed by atoms with Gasteiger partial charge in [0.15, 0.2) is 0 Å². The van der Waals surface area contributed by atoms with Gasteiger partial charge in [0.2, 0.25) is 11.7 Å². The molecule has 2 bridgehead atoms. The van der Waals surface area contributed by atoms with Crippen LogP contribution >= 0.6 is 0 Å². The summed E-state index contributed by atoms with van der Waals surface area (Å²) in [5.74, 6) is -8.41. The van der Waals surface area contributed by atoms with E-state index in [1.165, 1.54) is 19.1 Å². The Bertz CT molecular complexity index is 1890. The van der Waals surface area contributed by atoms with Crippen LogP contribution < -0.4 is 5.32 Å². The lowest BCUT2D eigenvalue weighted by molar-refractivity contribution is -0.302. The number of ketones is 2. The summed E-state index contributed by atoms with van der Waals surface area (Å²) in [6.07, 6.45) is 4.74. The van der Waals surface area contributed by atoms with Crippen LogP contribution in [0.2, 0.25) is 0 Å². The second-order valence-electron chi connectivity index (χ2n) is 19.7. The highest BCUT2D eigenvalue weighted by molar-refractivity contribution is 6.39. The quantitative estimate of drug-likeness (QED) is 0.131. The third kappa shape index (κ3) is 14.1. The lowest BCUT2D eigenvalue weighted by atomic mass is 9.81. The van der Waals surface area contributed by atoms with Gasteiger partial charge >= 0.3 is 5.97 Å². The molecule has 67 heavy (non-hydrogen) atoms. The molecule has 4 N–H and O–H groups in total. The summed E-state index contributed by atoms with van der Waals surface area (Å²) in [6.45, 7) is 9.44. The Kier molecular flexibility index (Phi) is 20.2. The number of fused-ring (bicyclic) bond motifs is 3. The number of pyridine rings is 1. The number of Topliss-reactive ketones (excluding diaryl/α,β-unsaturated/α-hetero) is 2. The van der Waals surface area contributed by atoms with Crippen LogP contribution in [0.1, 0.15) is 124 Å². The molecule has 1 aliphatic carbocycles. The Hall–Kier alpha value is -3.90. The number of methoxy groups -OCH3 is 3. The Morgan fingerprint density at radius 2 is 1.66 bits per heavy atom. The normalized spacial score (nSPS) is 36.5. The number of ether oxygens (including phenoxy) is 5. The Morgan fingerprint density at radius 3 is 2.34 bits per heavy atom. The summed E-state index contributed by atoms with van der Waals surface area (Å²) in [6, 6.07) is 4.30. The van der Waals surface area contributed by atoms with Gasteiger partial charge in [0.05, 0.1) is 42.8 Å². The monoisotopic (exact) mass is 940 g/mol. The summed E-state index contributed by atoms with van der Waals surface area (Å²) >= 11 is 0. The average Bonchev–Trinajstić information content (AvgIpc) is 3.31. The number of allylic oxidation sites excluding steroid dienone is 3. The van der Waals surface area contributed by atoms with Crippen molar-refractivity contribution in [2.45, 2.75) is 179 Å². The number of amides is 2. The number of cyclic esters (lactones) is 1. The van der Waals surface area contributed by atoms with Crippen LogP contribution in [0.15, 0.2) is 47.7 Å². The van der Waals surface area contributed by atoms with Gasteiger partial charge in [0, 0.05) is 64.7 Å². The van der Waals surface area contributed by atoms with Crippen LogP contribution in [-0.4, -0.2) is 137 Å². The first-order valence-corrected chi connectivity index (χ1v) is 24.4. The van der Waals surface area contributed by atoms with E-state index in [2.05, 4.69) is 10.3 Å². The molecule has 16 nitrogen and oxygen atoms in total. The number of carbonyl (C=O) groups excluding carboxylic acids is 5. The van der Waals surface area contributed by atoms with Crippen molar-refractivity contribution in [1.29, 1.82) is 0 Å². The molecule has 374 valence electrons. The lowest BCUT2D eigenvalue weighted by Gasteiger charge is -2.47. The second-order valence-corrected chi connectivity index (χ2v) is 19.7. The number of aliphatic hydroxyl groups is 3. The van der Waals surface area contributed by atoms with Gasteiger partial charge in [-0.2, -0.15) is 0 Å². The van der Waals surface area contributed by atoms with Crippen LogP contribution in [0.25, 0.3) is 0 Å². The van der Waals surface area contributed by atoms with E-state index in [0.29, 0.717) is 63.4 Å². The fourth-order valence-electron chi connectivity index (χ4n) is 10.6. The van der Waals surface area contributed by atoms with E-state index in [1.54, 1.807) is 40.1 Å². The molecule has 1 aromatic rings. The van der Waals surface area contributed by atoms with E-state index >= 15 is 0 Å². The summed E-state index contributed by atoms with van der Waals surface area (Å²) < 4.78 is 30.0. The largest absolute Gasteiger partial charge is 0.456 e. The van der Waals surface area contributed by atoms with Gasteiger partial charge in [-0.3, -0.25) is 24.2 Å². The van der Waals surface area contributed by atoms with Crippen LogP contribution in [-0.2, 0) is 54.2 Å². The van der Waals surface area contributed by atoms with Crippen molar-refractivity contribution in [2.24, 2.45) is 29.6 Å². The van der Waals surface area contributed by atoms with E-state index in [-0.39, 0.29) is 62.3 Å². The van der Waals surface area contributed by atoms with E-state index in [1.807, 2.05) is 38.1 Å². The molecule has 14 atom stereocenters. The number of nitrogens with one attached hydrogen (secondary N) is 1. The van der Waals surface area contributed by atoms with E-state index in [4.69, 9.17) is 23.7 Å². The van der Waals surface area contributed by atoms with Crippen molar-refractivity contribution in [3.05, 3.63) is 53.4 Å². The Morgan fingerprint density at radius 1 is 0.940 bits per heavy atom. The first kappa shape index (κ1) is 54.0. The zero-order chi connectivity index (χ0) is 49.0. The van der Waals surface area contributed by atoms with E-state index in [9.17, 15) is 39.3 Å². The predicted molar refractivity (Wildman–Crippen MR) is 248 cm³/mol. The molecule has 0 radical (unpaired) electrons. The predicted octanol–water partition coefficient (Wildman–Crippen LogP) is 4.94. The zero-order valence-corrected chi connectivity index (χ0v) is 40.9. The fourth-order valence-corrected chi connectivity index (χ4v) is 10.6. The number of hydrogen-bond donors (Lipinski definition) is 4. The van der Waals surface area contributed by atoms with Crippen LogP contribution in [0, 0.1) is 29.6 Å². The number of hydrogen-bond acceptors (Lipinski definition) is 14. The van der Waals surface area contributed by atoms with E-state index < -0.39 is 90.0 Å². The molecular weight excluding hydrogens is 863 g/mol. The first-order chi connectivity index (χ1) is 31.9. The van der Waals surface area contributed by atoms with Crippen molar-refractivity contribution in [3.8, 4) is 0 Å². The fraction of sp³-hybridized carbons (Fsp3) is 0.725. The molecule has 3 aliphatic heterocycles. The molecule has 1 saturated carbocycles. The number of aromatic nitrogens is 1. The second kappa shape index (κ2) is 25.1. The van der Waals surface area contributed by atoms with Gasteiger partial charge in [-0.1, -0.05) is 44.6 Å². The van der Waals surface area contributed by atoms with Crippen LogP contribution in [0.4, 0.5) is 0 Å². The third-order valence-corrected chi connectivity index (χ3v) is 14.6. The van der Waals surface area contributed by atoms with Crippen molar-refractivity contribution in [2.75, 3.05) is 27.9 Å². The van der Waals surface area contributed by atoms with Gasteiger partial charge in [0.1, 0.15) is 24.0 Å². The topological polar surface area (TPSA) is 220 Å². The van der Waals surface area contributed by atoms with Gasteiger partial charge in [-0.15, -0.1) is 0 Å². The summed E-state index contributed by atoms with van der Waals surface area (Å²) in [5.41, 5.74) is 2.25. The maximum atomic E-state index is 14.5. The van der Waals surface area contributed by atoms with Gasteiger partial charge in [-0.05, 0) is 114 Å². The highest BCUT2D eigenvalue weighted by Crippen LogP contribution is 2.39. The minimum absolute atomic E-state index is 0.0490.